The van der Waals surface area contributed by atoms with Crippen molar-refractivity contribution in [3.05, 3.63) is 34.5 Å². The number of carbonyl (C=O) groups excluding carboxylic acids is 1. The smallest absolute Gasteiger partial charge is 0.331 e. The summed E-state index contributed by atoms with van der Waals surface area (Å²) >= 11 is 1.55. The maximum atomic E-state index is 12.3. The number of fused-ring (bicyclic) bond motifs is 1. The molecule has 5 nitrogen and oxygen atoms in total. The van der Waals surface area contributed by atoms with Crippen molar-refractivity contribution in [2.75, 3.05) is 6.54 Å². The average Bonchev–Trinajstić information content (AvgIpc) is 2.85. The van der Waals surface area contributed by atoms with Crippen LogP contribution in [0.15, 0.2) is 24.1 Å². The van der Waals surface area contributed by atoms with Crippen LogP contribution in [0.4, 0.5) is 4.79 Å². The number of nitrogens with one attached hydrogen (secondary N) is 1. The van der Waals surface area contributed by atoms with E-state index < -0.39 is 12.0 Å². The molecule has 1 aromatic rings. The third-order valence-corrected chi connectivity index (χ3v) is 4.35. The van der Waals surface area contributed by atoms with Crippen LogP contribution < -0.4 is 5.32 Å². The van der Waals surface area contributed by atoms with Crippen molar-refractivity contribution in [1.29, 1.82) is 0 Å². The standard InChI is InChI=1S/C14H18N2O3S/c1-3-4-9(2)15-14(19)16-7-5-11-10(6-8-20-11)12(16)13(17)18/h3,6,8-9,12H,1,4-5,7H2,2H3,(H,15,19)(H,17,18). The minimum absolute atomic E-state index is 0.0571. The summed E-state index contributed by atoms with van der Waals surface area (Å²) in [6, 6.07) is 0.522. The van der Waals surface area contributed by atoms with Gasteiger partial charge in [-0.1, -0.05) is 6.08 Å². The van der Waals surface area contributed by atoms with Gasteiger partial charge in [-0.15, -0.1) is 17.9 Å². The van der Waals surface area contributed by atoms with Crippen molar-refractivity contribution in [2.45, 2.75) is 31.8 Å². The molecule has 2 unspecified atom stereocenters. The molecule has 0 spiro atoms. The normalized spacial score (nSPS) is 19.1. The van der Waals surface area contributed by atoms with Crippen LogP contribution in [0, 0.1) is 0 Å². The minimum atomic E-state index is -0.990. The molecule has 20 heavy (non-hydrogen) atoms. The number of carboxylic acid groups (broad SMARTS) is 1. The minimum Gasteiger partial charge on any atom is -0.479 e. The molecule has 1 aliphatic rings. The Morgan fingerprint density at radius 2 is 2.45 bits per heavy atom. The average molecular weight is 294 g/mol. The van der Waals surface area contributed by atoms with E-state index in [1.165, 1.54) is 4.90 Å². The Hall–Kier alpha value is -1.82. The number of thiophene rings is 1. The lowest BCUT2D eigenvalue weighted by molar-refractivity contribution is -0.142. The Balaban J connectivity index is 2.17. The monoisotopic (exact) mass is 294 g/mol. The number of hydrogen-bond acceptors (Lipinski definition) is 3. The second kappa shape index (κ2) is 6.09. The zero-order chi connectivity index (χ0) is 14.7. The summed E-state index contributed by atoms with van der Waals surface area (Å²) in [5.74, 6) is -0.990. The summed E-state index contributed by atoms with van der Waals surface area (Å²) in [6.07, 6.45) is 3.09. The van der Waals surface area contributed by atoms with E-state index in [1.54, 1.807) is 23.5 Å². The van der Waals surface area contributed by atoms with Gasteiger partial charge in [0.05, 0.1) is 0 Å². The van der Waals surface area contributed by atoms with Gasteiger partial charge in [0.25, 0.3) is 0 Å². The van der Waals surface area contributed by atoms with Crippen molar-refractivity contribution < 1.29 is 14.7 Å². The Morgan fingerprint density at radius 3 is 3.10 bits per heavy atom. The molecule has 2 heterocycles. The molecule has 0 radical (unpaired) electrons. The fourth-order valence-electron chi connectivity index (χ4n) is 2.40. The highest BCUT2D eigenvalue weighted by Gasteiger charge is 2.36. The van der Waals surface area contributed by atoms with Gasteiger partial charge >= 0.3 is 12.0 Å². The number of amides is 2. The van der Waals surface area contributed by atoms with Crippen molar-refractivity contribution >= 4 is 23.3 Å². The van der Waals surface area contributed by atoms with Crippen LogP contribution in [0.2, 0.25) is 0 Å². The van der Waals surface area contributed by atoms with Crippen LogP contribution in [-0.4, -0.2) is 34.6 Å². The summed E-state index contributed by atoms with van der Waals surface area (Å²) in [6.45, 7) is 5.93. The molecule has 0 aliphatic carbocycles. The number of hydrogen-bond donors (Lipinski definition) is 2. The number of urea groups is 1. The summed E-state index contributed by atoms with van der Waals surface area (Å²) in [4.78, 5) is 26.2. The zero-order valence-corrected chi connectivity index (χ0v) is 12.2. The van der Waals surface area contributed by atoms with Crippen molar-refractivity contribution in [3.63, 3.8) is 0 Å². The van der Waals surface area contributed by atoms with Crippen LogP contribution in [-0.2, 0) is 11.2 Å². The molecule has 0 aromatic carbocycles. The van der Waals surface area contributed by atoms with E-state index in [0.29, 0.717) is 19.4 Å². The van der Waals surface area contributed by atoms with Gasteiger partial charge in [-0.2, -0.15) is 0 Å². The highest BCUT2D eigenvalue weighted by Crippen LogP contribution is 2.33. The first-order chi connectivity index (χ1) is 9.54. The highest BCUT2D eigenvalue weighted by atomic mass is 32.1. The van der Waals surface area contributed by atoms with E-state index >= 15 is 0 Å². The molecule has 0 fully saturated rings. The Labute approximate surface area is 121 Å². The molecule has 2 atom stereocenters. The first-order valence-corrected chi connectivity index (χ1v) is 7.39. The van der Waals surface area contributed by atoms with E-state index in [2.05, 4.69) is 11.9 Å². The molecule has 2 rings (SSSR count). The first-order valence-electron chi connectivity index (χ1n) is 6.51. The van der Waals surface area contributed by atoms with Crippen LogP contribution in [0.3, 0.4) is 0 Å². The molecular formula is C14H18N2O3S. The summed E-state index contributed by atoms with van der Waals surface area (Å²) in [5.41, 5.74) is 0.736. The first kappa shape index (κ1) is 14.6. The predicted octanol–water partition coefficient (Wildman–Crippen LogP) is 2.41. The SMILES string of the molecule is C=CCC(C)NC(=O)N1CCc2sccc2C1C(=O)O. The van der Waals surface area contributed by atoms with Gasteiger partial charge in [0.15, 0.2) is 6.04 Å². The summed E-state index contributed by atoms with van der Waals surface area (Å²) in [5, 5.41) is 14.1. The van der Waals surface area contributed by atoms with Crippen LogP contribution in [0.5, 0.6) is 0 Å². The van der Waals surface area contributed by atoms with Crippen molar-refractivity contribution in [3.8, 4) is 0 Å². The van der Waals surface area contributed by atoms with Crippen LogP contribution >= 0.6 is 11.3 Å². The van der Waals surface area contributed by atoms with Gasteiger partial charge < -0.3 is 15.3 Å². The Bertz CT molecular complexity index is 526. The molecule has 2 amide bonds. The highest BCUT2D eigenvalue weighted by molar-refractivity contribution is 7.10. The van der Waals surface area contributed by atoms with E-state index in [1.807, 2.05) is 12.3 Å². The maximum absolute atomic E-state index is 12.3. The molecule has 6 heteroatoms. The Morgan fingerprint density at radius 1 is 1.70 bits per heavy atom. The molecule has 1 aliphatic heterocycles. The van der Waals surface area contributed by atoms with Gasteiger partial charge in [-0.25, -0.2) is 9.59 Å². The molecule has 1 aromatic heterocycles. The van der Waals surface area contributed by atoms with Gasteiger partial charge in [-0.3, -0.25) is 0 Å². The second-order valence-electron chi connectivity index (χ2n) is 4.86. The fourth-order valence-corrected chi connectivity index (χ4v) is 3.31. The number of carboxylic acids is 1. The van der Waals surface area contributed by atoms with E-state index in [9.17, 15) is 14.7 Å². The summed E-state index contributed by atoms with van der Waals surface area (Å²) < 4.78 is 0. The predicted molar refractivity (Wildman–Crippen MR) is 77.9 cm³/mol. The Kier molecular flexibility index (Phi) is 4.44. The molecule has 0 saturated carbocycles. The molecule has 108 valence electrons. The second-order valence-corrected chi connectivity index (χ2v) is 5.86. The zero-order valence-electron chi connectivity index (χ0n) is 11.3. The van der Waals surface area contributed by atoms with Gasteiger partial charge in [-0.05, 0) is 36.8 Å². The third-order valence-electron chi connectivity index (χ3n) is 3.35. The maximum Gasteiger partial charge on any atom is 0.331 e. The van der Waals surface area contributed by atoms with Gasteiger partial charge in [0.1, 0.15) is 0 Å². The summed E-state index contributed by atoms with van der Waals surface area (Å²) in [7, 11) is 0. The van der Waals surface area contributed by atoms with Crippen molar-refractivity contribution in [1.82, 2.24) is 10.2 Å². The fraction of sp³-hybridized carbons (Fsp3) is 0.429. The number of nitrogens with zero attached hydrogens (tertiary/aromatic N) is 1. The quantitative estimate of drug-likeness (QED) is 0.838. The van der Waals surface area contributed by atoms with E-state index in [-0.39, 0.29) is 12.1 Å². The molecular weight excluding hydrogens is 276 g/mol. The van der Waals surface area contributed by atoms with Crippen molar-refractivity contribution in [2.24, 2.45) is 0 Å². The topological polar surface area (TPSA) is 69.6 Å². The van der Waals surface area contributed by atoms with Crippen LogP contribution in [0.1, 0.15) is 29.8 Å². The van der Waals surface area contributed by atoms with Crippen LogP contribution in [0.25, 0.3) is 0 Å². The van der Waals surface area contributed by atoms with Gasteiger partial charge in [0, 0.05) is 17.5 Å². The number of aliphatic carboxylic acids is 1. The van der Waals surface area contributed by atoms with E-state index in [4.69, 9.17) is 0 Å². The number of rotatable bonds is 4. The molecule has 0 saturated heterocycles. The largest absolute Gasteiger partial charge is 0.479 e. The number of carbonyl (C=O) groups is 2. The third kappa shape index (κ3) is 2.85. The lowest BCUT2D eigenvalue weighted by atomic mass is 10.0. The molecule has 2 N–H and O–H groups in total. The van der Waals surface area contributed by atoms with Gasteiger partial charge in [0.2, 0.25) is 0 Å². The lowest BCUT2D eigenvalue weighted by Gasteiger charge is -2.33. The lowest BCUT2D eigenvalue weighted by Crippen LogP contribution is -2.49. The molecule has 0 bridgehead atoms. The van der Waals surface area contributed by atoms with E-state index in [0.717, 1.165) is 10.4 Å².